The zero-order valence-corrected chi connectivity index (χ0v) is 13.6. The Labute approximate surface area is 146 Å². The molecule has 0 aliphatic rings. The molecule has 0 aliphatic heterocycles. The Kier molecular flexibility index (Phi) is 4.69. The molecule has 0 saturated heterocycles. The van der Waals surface area contributed by atoms with Gasteiger partial charge in [0, 0.05) is 28.8 Å². The van der Waals surface area contributed by atoms with Crippen molar-refractivity contribution in [1.82, 2.24) is 5.16 Å². The zero-order chi connectivity index (χ0) is 17.1. The molecule has 0 aliphatic carbocycles. The van der Waals surface area contributed by atoms with Gasteiger partial charge in [-0.3, -0.25) is 10.1 Å². The van der Waals surface area contributed by atoms with E-state index in [2.05, 4.69) is 5.16 Å². The molecule has 6 nitrogen and oxygen atoms in total. The summed E-state index contributed by atoms with van der Waals surface area (Å²) < 4.78 is 10.7. The maximum atomic E-state index is 10.7. The Morgan fingerprint density at radius 1 is 1.12 bits per heavy atom. The van der Waals surface area contributed by atoms with Gasteiger partial charge in [0.2, 0.25) is 0 Å². The first kappa shape index (κ1) is 16.3. The van der Waals surface area contributed by atoms with Gasteiger partial charge in [0.1, 0.15) is 18.1 Å². The normalized spacial score (nSPS) is 10.6. The van der Waals surface area contributed by atoms with Gasteiger partial charge in [-0.05, 0) is 18.2 Å². The van der Waals surface area contributed by atoms with Crippen LogP contribution in [0.5, 0.6) is 5.75 Å². The lowest BCUT2D eigenvalue weighted by atomic mass is 10.1. The largest absolute Gasteiger partial charge is 0.484 e. The molecule has 24 heavy (non-hydrogen) atoms. The molecule has 8 heteroatoms. The van der Waals surface area contributed by atoms with E-state index in [1.54, 1.807) is 18.2 Å². The minimum Gasteiger partial charge on any atom is -0.484 e. The van der Waals surface area contributed by atoms with Crippen LogP contribution in [0.2, 0.25) is 10.0 Å². The van der Waals surface area contributed by atoms with Crippen LogP contribution in [-0.2, 0) is 6.61 Å². The predicted molar refractivity (Wildman–Crippen MR) is 89.4 cm³/mol. The van der Waals surface area contributed by atoms with Gasteiger partial charge in [0.05, 0.1) is 9.95 Å². The summed E-state index contributed by atoms with van der Waals surface area (Å²) in [6.45, 7) is 0.0954. The van der Waals surface area contributed by atoms with E-state index in [9.17, 15) is 10.1 Å². The molecule has 3 rings (SSSR count). The van der Waals surface area contributed by atoms with Crippen molar-refractivity contribution in [2.75, 3.05) is 0 Å². The molecular weight excluding hydrogens is 355 g/mol. The highest BCUT2D eigenvalue weighted by molar-refractivity contribution is 6.32. The predicted octanol–water partition coefficient (Wildman–Crippen LogP) is 5.14. The van der Waals surface area contributed by atoms with Crippen LogP contribution in [0.25, 0.3) is 11.3 Å². The van der Waals surface area contributed by atoms with Crippen LogP contribution in [-0.4, -0.2) is 10.1 Å². The van der Waals surface area contributed by atoms with Crippen LogP contribution in [0.1, 0.15) is 5.76 Å². The summed E-state index contributed by atoms with van der Waals surface area (Å²) >= 11 is 11.8. The summed E-state index contributed by atoms with van der Waals surface area (Å²) in [5.41, 5.74) is 1.42. The molecule has 2 aromatic carbocycles. The molecule has 1 heterocycles. The van der Waals surface area contributed by atoms with Gasteiger partial charge in [-0.1, -0.05) is 40.5 Å². The van der Waals surface area contributed by atoms with Gasteiger partial charge >= 0.3 is 0 Å². The van der Waals surface area contributed by atoms with E-state index >= 15 is 0 Å². The lowest BCUT2D eigenvalue weighted by molar-refractivity contribution is -0.384. The Morgan fingerprint density at radius 2 is 1.88 bits per heavy atom. The second-order valence-corrected chi connectivity index (χ2v) is 5.69. The molecule has 0 bridgehead atoms. The van der Waals surface area contributed by atoms with Crippen molar-refractivity contribution >= 4 is 28.9 Å². The van der Waals surface area contributed by atoms with E-state index in [1.165, 1.54) is 18.2 Å². The maximum absolute atomic E-state index is 10.7. The first-order valence-electron chi connectivity index (χ1n) is 6.81. The highest BCUT2D eigenvalue weighted by Gasteiger charge is 2.12. The van der Waals surface area contributed by atoms with Crippen molar-refractivity contribution in [3.8, 4) is 17.0 Å². The number of nitro benzene ring substituents is 1. The van der Waals surface area contributed by atoms with Gasteiger partial charge < -0.3 is 9.26 Å². The highest BCUT2D eigenvalue weighted by atomic mass is 35.5. The molecule has 0 atom stereocenters. The molecule has 122 valence electrons. The highest BCUT2D eigenvalue weighted by Crippen LogP contribution is 2.29. The Balaban J connectivity index is 1.69. The summed E-state index contributed by atoms with van der Waals surface area (Å²) in [5.74, 6) is 0.820. The summed E-state index contributed by atoms with van der Waals surface area (Å²) in [5, 5.41) is 15.4. The Morgan fingerprint density at radius 3 is 2.54 bits per heavy atom. The van der Waals surface area contributed by atoms with Crippen molar-refractivity contribution in [3.05, 3.63) is 74.5 Å². The third-order valence-corrected chi connectivity index (χ3v) is 3.74. The number of hydrogen-bond donors (Lipinski definition) is 0. The fraction of sp³-hybridized carbons (Fsp3) is 0.0625. The Bertz CT molecular complexity index is 878. The molecular formula is C16H10Cl2N2O4. The van der Waals surface area contributed by atoms with E-state index in [1.807, 2.05) is 12.1 Å². The van der Waals surface area contributed by atoms with Crippen LogP contribution < -0.4 is 4.74 Å². The number of halogens is 2. The van der Waals surface area contributed by atoms with Crippen molar-refractivity contribution in [1.29, 1.82) is 0 Å². The minimum atomic E-state index is -0.523. The number of hydrogen-bond acceptors (Lipinski definition) is 5. The number of non-ortho nitro benzene ring substituents is 1. The molecule has 0 amide bonds. The lowest BCUT2D eigenvalue weighted by Gasteiger charge is -2.05. The van der Waals surface area contributed by atoms with Crippen molar-refractivity contribution in [2.45, 2.75) is 6.61 Å². The number of nitrogens with zero attached hydrogens (tertiary/aromatic N) is 2. The summed E-state index contributed by atoms with van der Waals surface area (Å²) in [4.78, 5) is 10.2. The average Bonchev–Trinajstić information content (AvgIpc) is 3.03. The number of nitro groups is 1. The molecule has 1 aromatic heterocycles. The Hall–Kier alpha value is -2.57. The molecule has 0 saturated carbocycles. The average molecular weight is 365 g/mol. The first-order chi connectivity index (χ1) is 11.5. The number of ether oxygens (including phenoxy) is 1. The van der Waals surface area contributed by atoms with Gasteiger partial charge in [-0.15, -0.1) is 0 Å². The lowest BCUT2D eigenvalue weighted by Crippen LogP contribution is -1.95. The van der Waals surface area contributed by atoms with E-state index in [4.69, 9.17) is 32.5 Å². The smallest absolute Gasteiger partial charge is 0.271 e. The molecule has 0 fully saturated rings. The quantitative estimate of drug-likeness (QED) is 0.462. The fourth-order valence-electron chi connectivity index (χ4n) is 2.01. The van der Waals surface area contributed by atoms with E-state index < -0.39 is 4.92 Å². The van der Waals surface area contributed by atoms with Crippen LogP contribution in [0.4, 0.5) is 5.69 Å². The number of rotatable bonds is 5. The number of benzene rings is 2. The van der Waals surface area contributed by atoms with Crippen molar-refractivity contribution in [3.63, 3.8) is 0 Å². The standard InChI is InChI=1S/C16H10Cl2N2O4/c17-11-3-1-10(2-4-11)15-8-13(24-19-15)9-23-16-6-5-12(20(21)22)7-14(16)18/h1-8H,9H2. The zero-order valence-electron chi connectivity index (χ0n) is 12.1. The maximum Gasteiger partial charge on any atom is 0.271 e. The van der Waals surface area contributed by atoms with E-state index in [-0.39, 0.29) is 17.3 Å². The van der Waals surface area contributed by atoms with Gasteiger partial charge in [-0.25, -0.2) is 0 Å². The molecule has 3 aromatic rings. The van der Waals surface area contributed by atoms with Gasteiger partial charge in [-0.2, -0.15) is 0 Å². The topological polar surface area (TPSA) is 78.4 Å². The second kappa shape index (κ2) is 6.90. The van der Waals surface area contributed by atoms with E-state index in [0.29, 0.717) is 22.2 Å². The molecule has 0 N–H and O–H groups in total. The fourth-order valence-corrected chi connectivity index (χ4v) is 2.36. The van der Waals surface area contributed by atoms with E-state index in [0.717, 1.165) is 5.56 Å². The molecule has 0 spiro atoms. The number of aromatic nitrogens is 1. The summed E-state index contributed by atoms with van der Waals surface area (Å²) in [7, 11) is 0. The second-order valence-electron chi connectivity index (χ2n) is 4.85. The van der Waals surface area contributed by atoms with Gasteiger partial charge in [0.25, 0.3) is 5.69 Å². The van der Waals surface area contributed by atoms with Crippen LogP contribution in [0, 0.1) is 10.1 Å². The van der Waals surface area contributed by atoms with Crippen molar-refractivity contribution in [2.24, 2.45) is 0 Å². The first-order valence-corrected chi connectivity index (χ1v) is 7.57. The SMILES string of the molecule is O=[N+]([O-])c1ccc(OCc2cc(-c3ccc(Cl)cc3)no2)c(Cl)c1. The van der Waals surface area contributed by atoms with Crippen LogP contribution >= 0.6 is 23.2 Å². The minimum absolute atomic E-state index is 0.0954. The molecule has 0 unspecified atom stereocenters. The summed E-state index contributed by atoms with van der Waals surface area (Å²) in [6, 6.07) is 12.9. The van der Waals surface area contributed by atoms with Gasteiger partial charge in [0.15, 0.2) is 5.76 Å². The van der Waals surface area contributed by atoms with Crippen LogP contribution in [0.15, 0.2) is 53.1 Å². The monoisotopic (exact) mass is 364 g/mol. The molecule has 0 radical (unpaired) electrons. The third-order valence-electron chi connectivity index (χ3n) is 3.20. The third kappa shape index (κ3) is 3.67. The summed E-state index contributed by atoms with van der Waals surface area (Å²) in [6.07, 6.45) is 0. The van der Waals surface area contributed by atoms with Crippen LogP contribution in [0.3, 0.4) is 0 Å². The van der Waals surface area contributed by atoms with Crippen molar-refractivity contribution < 1.29 is 14.2 Å².